The predicted octanol–water partition coefficient (Wildman–Crippen LogP) is 18.6. The van der Waals surface area contributed by atoms with E-state index in [2.05, 4.69) is 61.1 Å². The maximum atomic E-state index is 13.0. The highest BCUT2D eigenvalue weighted by Crippen LogP contribution is 2.19. The van der Waals surface area contributed by atoms with Crippen LogP contribution in [0.5, 0.6) is 0 Å². The van der Waals surface area contributed by atoms with Gasteiger partial charge in [-0.15, -0.1) is 0 Å². The normalized spacial score (nSPS) is 11.8. The van der Waals surface area contributed by atoms with Gasteiger partial charge in [0.25, 0.3) is 0 Å². The molecule has 0 bridgehead atoms. The van der Waals surface area contributed by atoms with Crippen LogP contribution in [0.25, 0.3) is 0 Å². The molecule has 0 rings (SSSR count). The molecule has 0 amide bonds. The van der Waals surface area contributed by atoms with Gasteiger partial charge in [0, 0.05) is 32.5 Å². The summed E-state index contributed by atoms with van der Waals surface area (Å²) >= 11 is 0. The third-order valence-electron chi connectivity index (χ3n) is 15.4. The zero-order valence-electron chi connectivity index (χ0n) is 51.0. The SMILES string of the molecule is CCCCCCCCCOC(=O)CCCCCCCN(CCCCCCCC(=O)OC(CCCCCCCC)CCCCCCCC)CCCN/C(=C\C#N)NCCN(CCCCCCCC)CCCCCCCC. The molecule has 9 nitrogen and oxygen atoms in total. The van der Waals surface area contributed by atoms with Gasteiger partial charge in [0.05, 0.1) is 18.8 Å². The Balaban J connectivity index is 5.03. The summed E-state index contributed by atoms with van der Waals surface area (Å²) in [5.74, 6) is 0.844. The summed E-state index contributed by atoms with van der Waals surface area (Å²) < 4.78 is 11.7. The zero-order chi connectivity index (χ0) is 54.6. The predicted molar refractivity (Wildman–Crippen MR) is 324 cm³/mol. The number of carbonyl (C=O) groups excluding carboxylic acids is 2. The molecule has 0 aliphatic carbocycles. The van der Waals surface area contributed by atoms with E-state index in [0.717, 1.165) is 116 Å². The molecule has 0 heterocycles. The van der Waals surface area contributed by atoms with Gasteiger partial charge in [-0.25, -0.2) is 0 Å². The van der Waals surface area contributed by atoms with Crippen molar-refractivity contribution in [2.75, 3.05) is 59.0 Å². The fraction of sp³-hybridized carbons (Fsp3) is 0.924. The van der Waals surface area contributed by atoms with Gasteiger partial charge >= 0.3 is 11.9 Å². The summed E-state index contributed by atoms with van der Waals surface area (Å²) in [6.45, 7) is 20.2. The molecule has 0 aromatic heterocycles. The van der Waals surface area contributed by atoms with Crippen LogP contribution >= 0.6 is 0 Å². The van der Waals surface area contributed by atoms with Crippen LogP contribution in [0.1, 0.15) is 330 Å². The monoisotopic (exact) mass is 1060 g/mol. The van der Waals surface area contributed by atoms with Crippen molar-refractivity contribution in [2.24, 2.45) is 0 Å². The average molecular weight is 1060 g/mol. The van der Waals surface area contributed by atoms with E-state index in [4.69, 9.17) is 9.47 Å². The number of rotatable bonds is 62. The van der Waals surface area contributed by atoms with E-state index in [1.54, 1.807) is 6.08 Å². The Hall–Kier alpha value is -2.31. The van der Waals surface area contributed by atoms with E-state index >= 15 is 0 Å². The van der Waals surface area contributed by atoms with Crippen molar-refractivity contribution in [3.8, 4) is 6.07 Å². The van der Waals surface area contributed by atoms with Gasteiger partial charge in [0.2, 0.25) is 0 Å². The summed E-state index contributed by atoms with van der Waals surface area (Å²) in [7, 11) is 0. The van der Waals surface area contributed by atoms with Crippen LogP contribution < -0.4 is 10.6 Å². The third kappa shape index (κ3) is 54.8. The van der Waals surface area contributed by atoms with Crippen LogP contribution in [0.4, 0.5) is 0 Å². The molecule has 0 saturated carbocycles. The fourth-order valence-electron chi connectivity index (χ4n) is 10.4. The lowest BCUT2D eigenvalue weighted by Gasteiger charge is -2.24. The largest absolute Gasteiger partial charge is 0.466 e. The first-order valence-corrected chi connectivity index (χ1v) is 33.3. The number of unbranched alkanes of at least 4 members (excludes halogenated alkanes) is 34. The first kappa shape index (κ1) is 72.7. The van der Waals surface area contributed by atoms with Gasteiger partial charge in [0.1, 0.15) is 11.9 Å². The molecule has 9 heteroatoms. The fourth-order valence-corrected chi connectivity index (χ4v) is 10.4. The Morgan fingerprint density at radius 2 is 0.733 bits per heavy atom. The Morgan fingerprint density at radius 1 is 0.400 bits per heavy atom. The number of carbonyl (C=O) groups is 2. The number of hydrogen-bond acceptors (Lipinski definition) is 9. The quantitative estimate of drug-likeness (QED) is 0.0350. The molecular formula is C66H129N5O4. The lowest BCUT2D eigenvalue weighted by atomic mass is 10.0. The van der Waals surface area contributed by atoms with Crippen LogP contribution in [0.3, 0.4) is 0 Å². The Labute approximate surface area is 467 Å². The van der Waals surface area contributed by atoms with Gasteiger partial charge in [-0.2, -0.15) is 5.26 Å². The van der Waals surface area contributed by atoms with Crippen LogP contribution in [-0.2, 0) is 19.1 Å². The molecule has 0 fully saturated rings. The van der Waals surface area contributed by atoms with Crippen LogP contribution in [0, 0.1) is 11.3 Å². The molecule has 0 aliphatic heterocycles. The number of nitrogens with one attached hydrogen (secondary N) is 2. The highest BCUT2D eigenvalue weighted by atomic mass is 16.5. The molecule has 0 saturated heterocycles. The van der Waals surface area contributed by atoms with Crippen molar-refractivity contribution in [2.45, 2.75) is 336 Å². The minimum atomic E-state index is -0.0242. The Kier molecular flexibility index (Phi) is 59.0. The van der Waals surface area contributed by atoms with Crippen molar-refractivity contribution in [3.05, 3.63) is 11.9 Å². The van der Waals surface area contributed by atoms with E-state index in [-0.39, 0.29) is 18.0 Å². The van der Waals surface area contributed by atoms with Crippen molar-refractivity contribution in [1.82, 2.24) is 20.4 Å². The second kappa shape index (κ2) is 60.9. The van der Waals surface area contributed by atoms with Crippen molar-refractivity contribution in [1.29, 1.82) is 5.26 Å². The van der Waals surface area contributed by atoms with Crippen molar-refractivity contribution in [3.63, 3.8) is 0 Å². The molecule has 0 radical (unpaired) electrons. The van der Waals surface area contributed by atoms with Crippen molar-refractivity contribution >= 4 is 11.9 Å². The lowest BCUT2D eigenvalue weighted by molar-refractivity contribution is -0.150. The number of hydrogen-bond donors (Lipinski definition) is 2. The second-order valence-corrected chi connectivity index (χ2v) is 22.7. The summed E-state index contributed by atoms with van der Waals surface area (Å²) in [6, 6.07) is 2.28. The number of esters is 2. The summed E-state index contributed by atoms with van der Waals surface area (Å²) in [5, 5.41) is 16.8. The number of allylic oxidation sites excluding steroid dienone is 1. The first-order valence-electron chi connectivity index (χ1n) is 33.3. The third-order valence-corrected chi connectivity index (χ3v) is 15.4. The topological polar surface area (TPSA) is 107 Å². The highest BCUT2D eigenvalue weighted by Gasteiger charge is 2.15. The summed E-state index contributed by atoms with van der Waals surface area (Å²) in [6.07, 6.45) is 56.9. The molecule has 0 aromatic rings. The summed E-state index contributed by atoms with van der Waals surface area (Å²) in [4.78, 5) is 30.6. The zero-order valence-corrected chi connectivity index (χ0v) is 51.0. The molecule has 0 unspecified atom stereocenters. The second-order valence-electron chi connectivity index (χ2n) is 22.7. The van der Waals surface area contributed by atoms with E-state index in [1.807, 2.05) is 0 Å². The number of ether oxygens (including phenoxy) is 2. The first-order chi connectivity index (χ1) is 36.9. The molecule has 0 atom stereocenters. The van der Waals surface area contributed by atoms with Gasteiger partial charge < -0.3 is 29.9 Å². The Bertz CT molecular complexity index is 1230. The van der Waals surface area contributed by atoms with Crippen LogP contribution in [-0.4, -0.2) is 86.8 Å². The minimum Gasteiger partial charge on any atom is -0.466 e. The molecular weight excluding hydrogens is 927 g/mol. The van der Waals surface area contributed by atoms with E-state index in [0.29, 0.717) is 19.4 Å². The maximum absolute atomic E-state index is 13.0. The molecule has 0 aromatic carbocycles. The molecule has 75 heavy (non-hydrogen) atoms. The van der Waals surface area contributed by atoms with Gasteiger partial charge in [-0.05, 0) is 110 Å². The molecule has 0 spiro atoms. The molecule has 0 aliphatic rings. The van der Waals surface area contributed by atoms with Gasteiger partial charge in [-0.3, -0.25) is 9.59 Å². The molecule has 442 valence electrons. The average Bonchev–Trinajstić information content (AvgIpc) is 3.40. The number of nitriles is 1. The van der Waals surface area contributed by atoms with E-state index in [1.165, 1.54) is 225 Å². The van der Waals surface area contributed by atoms with Gasteiger partial charge in [0.15, 0.2) is 0 Å². The minimum absolute atomic E-state index is 0.0208. The maximum Gasteiger partial charge on any atom is 0.306 e. The molecule has 2 N–H and O–H groups in total. The summed E-state index contributed by atoms with van der Waals surface area (Å²) in [5.41, 5.74) is 0. The van der Waals surface area contributed by atoms with Crippen molar-refractivity contribution < 1.29 is 19.1 Å². The van der Waals surface area contributed by atoms with E-state index in [9.17, 15) is 14.9 Å². The highest BCUT2D eigenvalue weighted by molar-refractivity contribution is 5.69. The Morgan fingerprint density at radius 3 is 1.16 bits per heavy atom. The lowest BCUT2D eigenvalue weighted by Crippen LogP contribution is -2.37. The number of nitrogens with zero attached hydrogens (tertiary/aromatic N) is 3. The van der Waals surface area contributed by atoms with Crippen LogP contribution in [0.15, 0.2) is 11.9 Å². The van der Waals surface area contributed by atoms with Gasteiger partial charge in [-0.1, -0.05) is 240 Å². The van der Waals surface area contributed by atoms with Crippen LogP contribution in [0.2, 0.25) is 0 Å². The standard InChI is InChI=1S/C66H129N5O4/c1-6-11-16-21-26-37-46-62-74-65(72)50-40-31-27-35-42-56-70(57-43-36-28-32-41-51-66(73)75-63(48-38-29-22-17-12-7-2)49-39-30-23-18-13-8-3)60-47-54-68-64(52-53-67)69-55-61-71(58-44-33-24-19-14-9-4)59-45-34-25-20-15-10-5/h52,63,68-69H,6-51,54-62H2,1-5H3/b64-52+. The van der Waals surface area contributed by atoms with E-state index < -0.39 is 0 Å². The smallest absolute Gasteiger partial charge is 0.306 e.